The summed E-state index contributed by atoms with van der Waals surface area (Å²) in [5.41, 5.74) is 5.74. The first kappa shape index (κ1) is 15.2. The number of rotatable bonds is 4. The molecule has 0 aromatic heterocycles. The quantitative estimate of drug-likeness (QED) is 0.756. The van der Waals surface area contributed by atoms with E-state index in [9.17, 15) is 13.2 Å². The van der Waals surface area contributed by atoms with Gasteiger partial charge in [0.1, 0.15) is 0 Å². The van der Waals surface area contributed by atoms with Crippen molar-refractivity contribution in [2.24, 2.45) is 11.7 Å². The zero-order valence-electron chi connectivity index (χ0n) is 10.9. The van der Waals surface area contributed by atoms with Crippen LogP contribution in [0.2, 0.25) is 0 Å². The molecule has 0 aromatic rings. The minimum Gasteiger partial charge on any atom is -0.446 e. The molecule has 1 amide bonds. The van der Waals surface area contributed by atoms with Gasteiger partial charge in [-0.3, -0.25) is 0 Å². The van der Waals surface area contributed by atoms with Crippen LogP contribution in [-0.2, 0) is 14.9 Å². The predicted octanol–water partition coefficient (Wildman–Crippen LogP) is 0.0349. The molecule has 1 heterocycles. The fourth-order valence-corrected chi connectivity index (χ4v) is 2.93. The Morgan fingerprint density at radius 3 is 2.50 bits per heavy atom. The van der Waals surface area contributed by atoms with Crippen LogP contribution in [-0.4, -0.2) is 44.1 Å². The highest BCUT2D eigenvalue weighted by Crippen LogP contribution is 2.20. The van der Waals surface area contributed by atoms with Gasteiger partial charge < -0.3 is 10.5 Å². The second-order valence-electron chi connectivity index (χ2n) is 4.83. The van der Waals surface area contributed by atoms with Crippen molar-refractivity contribution in [3.05, 3.63) is 0 Å². The molecular formula is C10H21N3O4S. The van der Waals surface area contributed by atoms with E-state index in [1.54, 1.807) is 13.8 Å². The van der Waals surface area contributed by atoms with Crippen molar-refractivity contribution in [3.63, 3.8) is 0 Å². The summed E-state index contributed by atoms with van der Waals surface area (Å²) in [6, 6.07) is -0.0622. The summed E-state index contributed by atoms with van der Waals surface area (Å²) in [4.78, 5) is 11.3. The summed E-state index contributed by atoms with van der Waals surface area (Å²) >= 11 is 0. The summed E-state index contributed by atoms with van der Waals surface area (Å²) in [6.07, 6.45) is -0.609. The molecule has 1 saturated heterocycles. The van der Waals surface area contributed by atoms with Crippen molar-refractivity contribution in [3.8, 4) is 0 Å². The number of amides is 1. The van der Waals surface area contributed by atoms with E-state index in [1.807, 2.05) is 11.6 Å². The van der Waals surface area contributed by atoms with Crippen LogP contribution >= 0.6 is 0 Å². The third-order valence-electron chi connectivity index (χ3n) is 2.83. The molecule has 1 aliphatic heterocycles. The van der Waals surface area contributed by atoms with E-state index in [0.717, 1.165) is 0 Å². The summed E-state index contributed by atoms with van der Waals surface area (Å²) in [5.74, 6) is 0.127. The number of nitrogens with one attached hydrogen (secondary N) is 1. The molecule has 0 spiro atoms. The maximum absolute atomic E-state index is 11.9. The number of ether oxygens (including phenoxy) is 1. The van der Waals surface area contributed by atoms with E-state index >= 15 is 0 Å². The van der Waals surface area contributed by atoms with Crippen molar-refractivity contribution >= 4 is 16.3 Å². The van der Waals surface area contributed by atoms with Gasteiger partial charge in [-0.25, -0.2) is 9.52 Å². The first-order valence-corrected chi connectivity index (χ1v) is 7.40. The first-order chi connectivity index (χ1) is 8.22. The molecule has 0 radical (unpaired) electrons. The molecule has 7 nitrogen and oxygen atoms in total. The monoisotopic (exact) mass is 279 g/mol. The number of carbonyl (C=O) groups is 1. The largest absolute Gasteiger partial charge is 0.446 e. The Morgan fingerprint density at radius 2 is 2.06 bits per heavy atom. The van der Waals surface area contributed by atoms with Gasteiger partial charge in [-0.1, -0.05) is 0 Å². The minimum absolute atomic E-state index is 0.0622. The van der Waals surface area contributed by atoms with Crippen molar-refractivity contribution in [1.29, 1.82) is 0 Å². The number of hydrogen-bond donors (Lipinski definition) is 2. The van der Waals surface area contributed by atoms with Crippen LogP contribution in [0.4, 0.5) is 4.79 Å². The molecule has 1 rings (SSSR count). The highest BCUT2D eigenvalue weighted by molar-refractivity contribution is 7.87. The molecule has 1 aliphatic rings. The maximum Gasteiger partial charge on any atom is 0.422 e. The van der Waals surface area contributed by atoms with E-state index < -0.39 is 16.3 Å². The highest BCUT2D eigenvalue weighted by Gasteiger charge is 2.34. The van der Waals surface area contributed by atoms with Crippen LogP contribution < -0.4 is 10.5 Å². The molecule has 3 N–H and O–H groups in total. The molecule has 106 valence electrons. The van der Waals surface area contributed by atoms with Crippen LogP contribution in [0.15, 0.2) is 0 Å². The second-order valence-corrected chi connectivity index (χ2v) is 6.50. The topological polar surface area (TPSA) is 102 Å². The van der Waals surface area contributed by atoms with Crippen LogP contribution in [0, 0.1) is 5.92 Å². The molecule has 18 heavy (non-hydrogen) atoms. The lowest BCUT2D eigenvalue weighted by atomic mass is 10.0. The van der Waals surface area contributed by atoms with Crippen LogP contribution in [0.25, 0.3) is 0 Å². The number of carbonyl (C=O) groups excluding carboxylic acids is 1. The third-order valence-corrected chi connectivity index (χ3v) is 4.26. The first-order valence-electron chi connectivity index (χ1n) is 5.96. The number of nitrogens with zero attached hydrogens (tertiary/aromatic N) is 1. The van der Waals surface area contributed by atoms with Crippen LogP contribution in [0.5, 0.6) is 0 Å². The summed E-state index contributed by atoms with van der Waals surface area (Å²) in [7, 11) is -3.82. The molecule has 0 bridgehead atoms. The van der Waals surface area contributed by atoms with Crippen molar-refractivity contribution in [1.82, 2.24) is 9.03 Å². The molecular weight excluding hydrogens is 258 g/mol. The van der Waals surface area contributed by atoms with Gasteiger partial charge in [0.15, 0.2) is 0 Å². The molecule has 2 unspecified atom stereocenters. The molecule has 1 fully saturated rings. The van der Waals surface area contributed by atoms with E-state index in [1.165, 1.54) is 4.31 Å². The zero-order chi connectivity index (χ0) is 13.9. The highest BCUT2D eigenvalue weighted by atomic mass is 32.2. The lowest BCUT2D eigenvalue weighted by Gasteiger charge is -2.18. The number of hydrogen-bond acceptors (Lipinski definition) is 5. The smallest absolute Gasteiger partial charge is 0.422 e. The van der Waals surface area contributed by atoms with Crippen LogP contribution in [0.1, 0.15) is 27.2 Å². The van der Waals surface area contributed by atoms with Gasteiger partial charge in [0, 0.05) is 19.1 Å². The SMILES string of the molecule is CC(C)OC(=O)NS(=O)(=O)N1CCC(C(C)N)C1. The third kappa shape index (κ3) is 4.11. The van der Waals surface area contributed by atoms with Crippen LogP contribution in [0.3, 0.4) is 0 Å². The Balaban J connectivity index is 2.58. The normalized spacial score (nSPS) is 23.1. The van der Waals surface area contributed by atoms with Crippen molar-refractivity contribution in [2.75, 3.05) is 13.1 Å². The van der Waals surface area contributed by atoms with Crippen molar-refractivity contribution < 1.29 is 17.9 Å². The fraction of sp³-hybridized carbons (Fsp3) is 0.900. The molecule has 8 heteroatoms. The van der Waals surface area contributed by atoms with Gasteiger partial charge in [-0.2, -0.15) is 12.7 Å². The van der Waals surface area contributed by atoms with E-state index in [2.05, 4.69) is 0 Å². The fourth-order valence-electron chi connectivity index (χ4n) is 1.81. The standard InChI is InChI=1S/C10H21N3O4S/c1-7(2)17-10(14)12-18(15,16)13-5-4-9(6-13)8(3)11/h7-9H,4-6,11H2,1-3H3,(H,12,14). The lowest BCUT2D eigenvalue weighted by molar-refractivity contribution is 0.121. The Morgan fingerprint density at radius 1 is 1.44 bits per heavy atom. The number of nitrogens with two attached hydrogens (primary N) is 1. The van der Waals surface area contributed by atoms with Gasteiger partial charge in [0.25, 0.3) is 0 Å². The van der Waals surface area contributed by atoms with Crippen molar-refractivity contribution in [2.45, 2.75) is 39.3 Å². The van der Waals surface area contributed by atoms with Gasteiger partial charge in [-0.05, 0) is 33.1 Å². The minimum atomic E-state index is -3.82. The average molecular weight is 279 g/mol. The summed E-state index contributed by atoms with van der Waals surface area (Å²) in [5, 5.41) is 0. The Bertz CT molecular complexity index is 394. The average Bonchev–Trinajstić information content (AvgIpc) is 2.63. The van der Waals surface area contributed by atoms with E-state index in [4.69, 9.17) is 10.5 Å². The van der Waals surface area contributed by atoms with Gasteiger partial charge in [0.2, 0.25) is 0 Å². The molecule has 0 aromatic carbocycles. The lowest BCUT2D eigenvalue weighted by Crippen LogP contribution is -2.43. The Kier molecular flexibility index (Phi) is 4.94. The second kappa shape index (κ2) is 5.85. The molecule has 0 saturated carbocycles. The summed E-state index contributed by atoms with van der Waals surface area (Å²) < 4.78 is 31.6. The molecule has 0 aliphatic carbocycles. The summed E-state index contributed by atoms with van der Waals surface area (Å²) in [6.45, 7) is 5.85. The Labute approximate surface area is 108 Å². The zero-order valence-corrected chi connectivity index (χ0v) is 11.7. The van der Waals surface area contributed by atoms with Gasteiger partial charge >= 0.3 is 16.3 Å². The van der Waals surface area contributed by atoms with Gasteiger partial charge in [0.05, 0.1) is 6.10 Å². The Hall–Kier alpha value is -0.860. The maximum atomic E-state index is 11.9. The van der Waals surface area contributed by atoms with E-state index in [0.29, 0.717) is 19.5 Å². The predicted molar refractivity (Wildman–Crippen MR) is 67.0 cm³/mol. The van der Waals surface area contributed by atoms with Gasteiger partial charge in [-0.15, -0.1) is 0 Å². The van der Waals surface area contributed by atoms with E-state index in [-0.39, 0.29) is 18.1 Å². The molecule has 2 atom stereocenters.